The van der Waals surface area contributed by atoms with Crippen molar-refractivity contribution in [2.24, 2.45) is 0 Å². The largest absolute Gasteiger partial charge is 0.478 e. The molecule has 0 saturated heterocycles. The average molecular weight is 311 g/mol. The van der Waals surface area contributed by atoms with E-state index in [1.807, 2.05) is 19.9 Å². The minimum absolute atomic E-state index is 0.0650. The van der Waals surface area contributed by atoms with Crippen LogP contribution in [0.5, 0.6) is 5.75 Å². The minimum Gasteiger partial charge on any atom is -0.478 e. The predicted molar refractivity (Wildman–Crippen MR) is 83.9 cm³/mol. The summed E-state index contributed by atoms with van der Waals surface area (Å²) in [6, 6.07) is 5.40. The van der Waals surface area contributed by atoms with Crippen LogP contribution in [0.4, 0.5) is 0 Å². The normalized spacial score (nSPS) is 17.3. The van der Waals surface area contributed by atoms with E-state index in [1.54, 1.807) is 12.1 Å². The number of aryl methyl sites for hydroxylation is 1. The Morgan fingerprint density at radius 2 is 2.05 bits per heavy atom. The Morgan fingerprint density at radius 1 is 1.33 bits per heavy atom. The molecule has 0 radical (unpaired) electrons. The molecule has 21 heavy (non-hydrogen) atoms. The molecule has 1 fully saturated rings. The Labute approximate surface area is 131 Å². The third-order valence-corrected chi connectivity index (χ3v) is 4.11. The van der Waals surface area contributed by atoms with E-state index in [-0.39, 0.29) is 12.1 Å². The highest BCUT2D eigenvalue weighted by molar-refractivity contribution is 6.30. The summed E-state index contributed by atoms with van der Waals surface area (Å²) in [5, 5.41) is 0.665. The van der Waals surface area contributed by atoms with Crippen LogP contribution < -0.4 is 4.74 Å². The molecule has 3 nitrogen and oxygen atoms in total. The maximum absolute atomic E-state index is 12.3. The number of hydrogen-bond acceptors (Lipinski definition) is 3. The van der Waals surface area contributed by atoms with Crippen molar-refractivity contribution in [2.75, 3.05) is 0 Å². The zero-order valence-electron chi connectivity index (χ0n) is 12.7. The van der Waals surface area contributed by atoms with Crippen LogP contribution in [0, 0.1) is 6.92 Å². The highest BCUT2D eigenvalue weighted by atomic mass is 35.5. The lowest BCUT2D eigenvalue weighted by molar-refractivity contribution is -0.159. The van der Waals surface area contributed by atoms with Crippen LogP contribution >= 0.6 is 11.6 Å². The Balaban J connectivity index is 1.96. The SMILES string of the molecule is CCC(Oc1ccc(Cl)cc1C)C(=O)OC1CCCCC1. The van der Waals surface area contributed by atoms with Crippen molar-refractivity contribution >= 4 is 17.6 Å². The zero-order chi connectivity index (χ0) is 15.2. The van der Waals surface area contributed by atoms with Gasteiger partial charge in [-0.15, -0.1) is 0 Å². The second kappa shape index (κ2) is 7.69. The Bertz CT molecular complexity index is 481. The molecule has 0 aromatic heterocycles. The van der Waals surface area contributed by atoms with Gasteiger partial charge in [-0.3, -0.25) is 0 Å². The second-order valence-electron chi connectivity index (χ2n) is 5.62. The summed E-state index contributed by atoms with van der Waals surface area (Å²) < 4.78 is 11.4. The van der Waals surface area contributed by atoms with E-state index in [2.05, 4.69) is 0 Å². The molecule has 1 saturated carbocycles. The van der Waals surface area contributed by atoms with Gasteiger partial charge in [-0.05, 0) is 62.8 Å². The van der Waals surface area contributed by atoms with E-state index < -0.39 is 6.10 Å². The van der Waals surface area contributed by atoms with Crippen LogP contribution in [0.1, 0.15) is 51.0 Å². The van der Waals surface area contributed by atoms with Gasteiger partial charge in [0, 0.05) is 5.02 Å². The van der Waals surface area contributed by atoms with Gasteiger partial charge in [0.25, 0.3) is 0 Å². The standard InChI is InChI=1S/C17H23ClO3/c1-3-15(17(19)20-14-7-5-4-6-8-14)21-16-10-9-13(18)11-12(16)2/h9-11,14-15H,3-8H2,1-2H3. The maximum Gasteiger partial charge on any atom is 0.347 e. The molecule has 116 valence electrons. The number of ether oxygens (including phenoxy) is 2. The van der Waals surface area contributed by atoms with Crippen LogP contribution in [0.25, 0.3) is 0 Å². The van der Waals surface area contributed by atoms with E-state index in [9.17, 15) is 4.79 Å². The molecule has 0 bridgehead atoms. The molecular formula is C17H23ClO3. The predicted octanol–water partition coefficient (Wildman–Crippen LogP) is 4.68. The second-order valence-corrected chi connectivity index (χ2v) is 6.06. The average Bonchev–Trinajstić information content (AvgIpc) is 2.47. The van der Waals surface area contributed by atoms with Gasteiger partial charge in [0.2, 0.25) is 0 Å². The van der Waals surface area contributed by atoms with Gasteiger partial charge in [-0.1, -0.05) is 24.9 Å². The molecule has 0 amide bonds. The molecule has 1 aliphatic rings. The summed E-state index contributed by atoms with van der Waals surface area (Å²) >= 11 is 5.93. The fourth-order valence-corrected chi connectivity index (χ4v) is 2.85. The maximum atomic E-state index is 12.3. The van der Waals surface area contributed by atoms with Gasteiger partial charge in [0.15, 0.2) is 6.10 Å². The number of halogens is 1. The molecule has 1 aromatic rings. The van der Waals surface area contributed by atoms with Gasteiger partial charge in [0.1, 0.15) is 11.9 Å². The molecule has 4 heteroatoms. The van der Waals surface area contributed by atoms with E-state index in [1.165, 1.54) is 6.42 Å². The molecule has 1 aliphatic carbocycles. The van der Waals surface area contributed by atoms with Crippen molar-refractivity contribution in [2.45, 2.75) is 64.6 Å². The van der Waals surface area contributed by atoms with Gasteiger partial charge in [-0.2, -0.15) is 0 Å². The van der Waals surface area contributed by atoms with Crippen LogP contribution in [0.2, 0.25) is 5.02 Å². The van der Waals surface area contributed by atoms with Crippen molar-refractivity contribution in [3.8, 4) is 5.75 Å². The fourth-order valence-electron chi connectivity index (χ4n) is 2.62. The van der Waals surface area contributed by atoms with E-state index in [0.29, 0.717) is 17.2 Å². The number of hydrogen-bond donors (Lipinski definition) is 0. The van der Waals surface area contributed by atoms with Crippen LogP contribution in [-0.2, 0) is 9.53 Å². The summed E-state index contributed by atoms with van der Waals surface area (Å²) in [5.41, 5.74) is 0.923. The molecule has 1 unspecified atom stereocenters. The monoisotopic (exact) mass is 310 g/mol. The highest BCUT2D eigenvalue weighted by Gasteiger charge is 2.25. The Kier molecular flexibility index (Phi) is 5.92. The summed E-state index contributed by atoms with van der Waals surface area (Å²) in [4.78, 5) is 12.3. The van der Waals surface area contributed by atoms with Crippen molar-refractivity contribution in [3.63, 3.8) is 0 Å². The summed E-state index contributed by atoms with van der Waals surface area (Å²) in [7, 11) is 0. The Morgan fingerprint density at radius 3 is 2.67 bits per heavy atom. The van der Waals surface area contributed by atoms with E-state index >= 15 is 0 Å². The van der Waals surface area contributed by atoms with Crippen molar-refractivity contribution in [1.29, 1.82) is 0 Å². The minimum atomic E-state index is -0.549. The quantitative estimate of drug-likeness (QED) is 0.741. The first kappa shape index (κ1) is 16.2. The molecule has 0 N–H and O–H groups in total. The van der Waals surface area contributed by atoms with Crippen LogP contribution in [0.15, 0.2) is 18.2 Å². The van der Waals surface area contributed by atoms with Crippen LogP contribution in [-0.4, -0.2) is 18.2 Å². The molecule has 0 aliphatic heterocycles. The summed E-state index contributed by atoms with van der Waals surface area (Å²) in [6.45, 7) is 3.85. The zero-order valence-corrected chi connectivity index (χ0v) is 13.5. The van der Waals surface area contributed by atoms with Gasteiger partial charge in [0.05, 0.1) is 0 Å². The van der Waals surface area contributed by atoms with Gasteiger partial charge < -0.3 is 9.47 Å². The molecular weight excluding hydrogens is 288 g/mol. The third kappa shape index (κ3) is 4.63. The van der Waals surface area contributed by atoms with Crippen molar-refractivity contribution in [3.05, 3.63) is 28.8 Å². The fraction of sp³-hybridized carbons (Fsp3) is 0.588. The molecule has 1 aromatic carbocycles. The number of carbonyl (C=O) groups is 1. The van der Waals surface area contributed by atoms with Crippen LogP contribution in [0.3, 0.4) is 0 Å². The molecule has 0 spiro atoms. The topological polar surface area (TPSA) is 35.5 Å². The number of benzene rings is 1. The Hall–Kier alpha value is -1.22. The lowest BCUT2D eigenvalue weighted by Crippen LogP contribution is -2.33. The highest BCUT2D eigenvalue weighted by Crippen LogP contribution is 2.25. The molecule has 2 rings (SSSR count). The first-order chi connectivity index (χ1) is 10.1. The first-order valence-corrected chi connectivity index (χ1v) is 8.11. The van der Waals surface area contributed by atoms with Gasteiger partial charge in [-0.25, -0.2) is 4.79 Å². The smallest absolute Gasteiger partial charge is 0.347 e. The molecule has 1 atom stereocenters. The third-order valence-electron chi connectivity index (χ3n) is 3.87. The number of esters is 1. The van der Waals surface area contributed by atoms with E-state index in [4.69, 9.17) is 21.1 Å². The van der Waals surface area contributed by atoms with E-state index in [0.717, 1.165) is 31.2 Å². The summed E-state index contributed by atoms with van der Waals surface area (Å²) in [6.07, 6.45) is 5.59. The molecule has 0 heterocycles. The first-order valence-electron chi connectivity index (χ1n) is 7.73. The number of rotatable bonds is 5. The van der Waals surface area contributed by atoms with Gasteiger partial charge >= 0.3 is 5.97 Å². The lowest BCUT2D eigenvalue weighted by atomic mass is 9.98. The van der Waals surface area contributed by atoms with Crippen molar-refractivity contribution in [1.82, 2.24) is 0 Å². The number of carbonyl (C=O) groups excluding carboxylic acids is 1. The van der Waals surface area contributed by atoms with Crippen molar-refractivity contribution < 1.29 is 14.3 Å². The lowest BCUT2D eigenvalue weighted by Gasteiger charge is -2.25. The summed E-state index contributed by atoms with van der Waals surface area (Å²) in [5.74, 6) is 0.436.